The highest BCUT2D eigenvalue weighted by molar-refractivity contribution is 4.97. The van der Waals surface area contributed by atoms with E-state index in [0.29, 0.717) is 24.4 Å². The van der Waals surface area contributed by atoms with Crippen molar-refractivity contribution in [3.63, 3.8) is 0 Å². The molecule has 3 aliphatic rings. The zero-order valence-electron chi connectivity index (χ0n) is 23.3. The first kappa shape index (κ1) is 28.5. The first-order valence-corrected chi connectivity index (χ1v) is 16.1. The van der Waals surface area contributed by atoms with E-state index in [-0.39, 0.29) is 0 Å². The van der Waals surface area contributed by atoms with E-state index in [1.54, 1.807) is 0 Å². The van der Waals surface area contributed by atoms with E-state index in [4.69, 9.17) is 9.47 Å². The monoisotopic (exact) mass is 476 g/mol. The molecule has 2 saturated heterocycles. The molecule has 0 amide bonds. The molecule has 2 nitrogen and oxygen atoms in total. The fraction of sp³-hybridized carbons (Fsp3) is 1.00. The molecule has 4 atom stereocenters. The first-order valence-electron chi connectivity index (χ1n) is 16.1. The molecule has 200 valence electrons. The van der Waals surface area contributed by atoms with E-state index >= 15 is 0 Å². The normalized spacial score (nSPS) is 30.5. The molecule has 0 N–H and O–H groups in total. The number of hydrogen-bond acceptors (Lipinski definition) is 2. The predicted octanol–water partition coefficient (Wildman–Crippen LogP) is 10.2. The van der Waals surface area contributed by atoms with Crippen LogP contribution in [0.4, 0.5) is 0 Å². The Morgan fingerprint density at radius 3 is 1.03 bits per heavy atom. The third kappa shape index (κ3) is 11.3. The molecule has 0 aromatic carbocycles. The quantitative estimate of drug-likeness (QED) is 0.115. The average molecular weight is 477 g/mol. The van der Waals surface area contributed by atoms with Gasteiger partial charge in [-0.05, 0) is 50.4 Å². The fourth-order valence-corrected chi connectivity index (χ4v) is 6.72. The van der Waals surface area contributed by atoms with Crippen molar-refractivity contribution in [1.29, 1.82) is 0 Å². The van der Waals surface area contributed by atoms with Gasteiger partial charge in [-0.2, -0.15) is 0 Å². The summed E-state index contributed by atoms with van der Waals surface area (Å²) in [6.07, 6.45) is 36.4. The van der Waals surface area contributed by atoms with Gasteiger partial charge in [0.05, 0.1) is 24.4 Å². The van der Waals surface area contributed by atoms with Crippen LogP contribution in [0.25, 0.3) is 0 Å². The van der Waals surface area contributed by atoms with Crippen LogP contribution in [0.15, 0.2) is 0 Å². The second kappa shape index (κ2) is 17.4. The van der Waals surface area contributed by atoms with E-state index < -0.39 is 0 Å². The molecule has 1 aliphatic carbocycles. The Hall–Kier alpha value is -0.0800. The van der Waals surface area contributed by atoms with Crippen LogP contribution in [0.2, 0.25) is 0 Å². The Bertz CT molecular complexity index is 439. The Morgan fingerprint density at radius 2 is 0.706 bits per heavy atom. The Labute approximate surface area is 213 Å². The van der Waals surface area contributed by atoms with Crippen molar-refractivity contribution in [3.8, 4) is 0 Å². The van der Waals surface area contributed by atoms with E-state index in [0.717, 1.165) is 11.8 Å². The minimum atomic E-state index is 0.614. The molecule has 3 rings (SSSR count). The molecular formula is C32H60O2. The fourth-order valence-electron chi connectivity index (χ4n) is 6.72. The zero-order valence-corrected chi connectivity index (χ0v) is 23.3. The highest BCUT2D eigenvalue weighted by atomic mass is 16.6. The van der Waals surface area contributed by atoms with E-state index in [1.165, 1.54) is 154 Å². The minimum Gasteiger partial charge on any atom is -0.369 e. The summed E-state index contributed by atoms with van der Waals surface area (Å²) >= 11 is 0. The van der Waals surface area contributed by atoms with Gasteiger partial charge in [-0.1, -0.05) is 129 Å². The lowest BCUT2D eigenvalue weighted by Crippen LogP contribution is -2.23. The van der Waals surface area contributed by atoms with E-state index in [9.17, 15) is 0 Å². The van der Waals surface area contributed by atoms with Crippen LogP contribution in [0.5, 0.6) is 0 Å². The molecule has 0 radical (unpaired) electrons. The molecule has 0 aromatic rings. The summed E-state index contributed by atoms with van der Waals surface area (Å²) in [5.74, 6) is 1.71. The molecule has 1 saturated carbocycles. The van der Waals surface area contributed by atoms with Crippen LogP contribution in [0.3, 0.4) is 0 Å². The van der Waals surface area contributed by atoms with Gasteiger partial charge >= 0.3 is 0 Å². The van der Waals surface area contributed by atoms with Crippen molar-refractivity contribution < 1.29 is 9.47 Å². The molecule has 2 aliphatic heterocycles. The molecule has 3 fully saturated rings. The van der Waals surface area contributed by atoms with Crippen molar-refractivity contribution in [2.24, 2.45) is 11.8 Å². The molecule has 2 heterocycles. The SMILES string of the molecule is CCCCCCCCCCCC1OC1C1CCC(C2OC2CCCCCCCCCCC)CC1. The van der Waals surface area contributed by atoms with Gasteiger partial charge in [0.2, 0.25) is 0 Å². The molecule has 34 heavy (non-hydrogen) atoms. The molecule has 2 heteroatoms. The summed E-state index contributed by atoms with van der Waals surface area (Å²) in [6.45, 7) is 4.60. The zero-order chi connectivity index (χ0) is 23.8. The van der Waals surface area contributed by atoms with Crippen molar-refractivity contribution >= 4 is 0 Å². The molecule has 0 aromatic heterocycles. The van der Waals surface area contributed by atoms with Gasteiger partial charge in [0, 0.05) is 0 Å². The maximum absolute atomic E-state index is 6.14. The Balaban J connectivity index is 1.10. The van der Waals surface area contributed by atoms with Gasteiger partial charge in [-0.15, -0.1) is 0 Å². The lowest BCUT2D eigenvalue weighted by atomic mass is 9.77. The maximum atomic E-state index is 6.14. The first-order chi connectivity index (χ1) is 16.8. The molecule has 0 bridgehead atoms. The third-order valence-electron chi connectivity index (χ3n) is 9.17. The highest BCUT2D eigenvalue weighted by Gasteiger charge is 2.49. The average Bonchev–Trinajstić information content (AvgIpc) is 3.78. The lowest BCUT2D eigenvalue weighted by Gasteiger charge is -2.26. The topological polar surface area (TPSA) is 25.1 Å². The van der Waals surface area contributed by atoms with Crippen molar-refractivity contribution in [1.82, 2.24) is 0 Å². The van der Waals surface area contributed by atoms with Gasteiger partial charge in [0.15, 0.2) is 0 Å². The number of unbranched alkanes of at least 4 members (excludes halogenated alkanes) is 16. The second-order valence-corrected chi connectivity index (χ2v) is 12.2. The van der Waals surface area contributed by atoms with Gasteiger partial charge in [0.1, 0.15) is 0 Å². The number of ether oxygens (including phenoxy) is 2. The summed E-state index contributed by atoms with van der Waals surface area (Å²) in [4.78, 5) is 0. The van der Waals surface area contributed by atoms with Crippen LogP contribution in [0, 0.1) is 11.8 Å². The lowest BCUT2D eigenvalue weighted by molar-refractivity contribution is 0.194. The summed E-state index contributed by atoms with van der Waals surface area (Å²) < 4.78 is 12.3. The van der Waals surface area contributed by atoms with Gasteiger partial charge in [-0.3, -0.25) is 0 Å². The van der Waals surface area contributed by atoms with Gasteiger partial charge < -0.3 is 9.47 Å². The van der Waals surface area contributed by atoms with Crippen LogP contribution >= 0.6 is 0 Å². The standard InChI is InChI=1S/C32H60O2/c1-3-5-7-9-11-13-15-17-19-21-29-31(33-29)27-23-25-28(26-24-27)32-30(34-32)22-20-18-16-14-12-10-8-6-4-2/h27-32H,3-26H2,1-2H3. The molecular weight excluding hydrogens is 416 g/mol. The largest absolute Gasteiger partial charge is 0.369 e. The minimum absolute atomic E-state index is 0.614. The third-order valence-corrected chi connectivity index (χ3v) is 9.17. The van der Waals surface area contributed by atoms with Crippen molar-refractivity contribution in [3.05, 3.63) is 0 Å². The van der Waals surface area contributed by atoms with Crippen LogP contribution in [-0.4, -0.2) is 24.4 Å². The van der Waals surface area contributed by atoms with Gasteiger partial charge in [-0.25, -0.2) is 0 Å². The van der Waals surface area contributed by atoms with Crippen LogP contribution in [0.1, 0.15) is 168 Å². The summed E-state index contributed by atoms with van der Waals surface area (Å²) in [6, 6.07) is 0. The molecule has 0 spiro atoms. The number of rotatable bonds is 22. The summed E-state index contributed by atoms with van der Waals surface area (Å²) in [7, 11) is 0. The predicted molar refractivity (Wildman–Crippen MR) is 146 cm³/mol. The van der Waals surface area contributed by atoms with E-state index in [1.807, 2.05) is 0 Å². The number of epoxide rings is 2. The Morgan fingerprint density at radius 1 is 0.412 bits per heavy atom. The smallest absolute Gasteiger partial charge is 0.0869 e. The summed E-state index contributed by atoms with van der Waals surface area (Å²) in [5, 5.41) is 0. The summed E-state index contributed by atoms with van der Waals surface area (Å²) in [5.41, 5.74) is 0. The van der Waals surface area contributed by atoms with E-state index in [2.05, 4.69) is 13.8 Å². The van der Waals surface area contributed by atoms with Crippen LogP contribution in [-0.2, 0) is 9.47 Å². The highest BCUT2D eigenvalue weighted by Crippen LogP contribution is 2.46. The van der Waals surface area contributed by atoms with Crippen LogP contribution < -0.4 is 0 Å². The van der Waals surface area contributed by atoms with Crippen molar-refractivity contribution in [2.45, 2.75) is 192 Å². The molecule has 4 unspecified atom stereocenters. The number of hydrogen-bond donors (Lipinski definition) is 0. The maximum Gasteiger partial charge on any atom is 0.0869 e. The second-order valence-electron chi connectivity index (χ2n) is 12.2. The van der Waals surface area contributed by atoms with Gasteiger partial charge in [0.25, 0.3) is 0 Å². The Kier molecular flexibility index (Phi) is 14.6. The van der Waals surface area contributed by atoms with Crippen molar-refractivity contribution in [2.75, 3.05) is 0 Å².